The number of hydrogen-bond donors (Lipinski definition) is 2. The Morgan fingerprint density at radius 2 is 1.90 bits per heavy atom. The molecule has 1 fully saturated rings. The van der Waals surface area contributed by atoms with Gasteiger partial charge in [0.15, 0.2) is 5.96 Å². The number of guanidine groups is 1. The van der Waals surface area contributed by atoms with Crippen molar-refractivity contribution >= 4 is 5.96 Å². The molecule has 0 amide bonds. The molecule has 0 spiro atoms. The fourth-order valence-corrected chi connectivity index (χ4v) is 2.57. The van der Waals surface area contributed by atoms with Crippen LogP contribution in [0.25, 0.3) is 0 Å². The Balaban J connectivity index is 2.24. The number of unbranched alkanes of at least 4 members (excludes halogenated alkanes) is 1. The van der Waals surface area contributed by atoms with Gasteiger partial charge in [-0.15, -0.1) is 0 Å². The number of rotatable bonds is 8. The van der Waals surface area contributed by atoms with Crippen LogP contribution in [0.2, 0.25) is 0 Å². The zero-order valence-electron chi connectivity index (χ0n) is 13.6. The first kappa shape index (κ1) is 17.3. The average Bonchev–Trinajstić information content (AvgIpc) is 2.45. The molecule has 4 heteroatoms. The van der Waals surface area contributed by atoms with Crippen molar-refractivity contribution in [1.29, 1.82) is 0 Å². The molecule has 118 valence electrons. The van der Waals surface area contributed by atoms with Gasteiger partial charge in [-0.3, -0.25) is 4.99 Å². The highest BCUT2D eigenvalue weighted by Gasteiger charge is 2.18. The minimum Gasteiger partial charge on any atom is -0.382 e. The summed E-state index contributed by atoms with van der Waals surface area (Å²) in [6.45, 7) is 9.99. The molecule has 1 rings (SSSR count). The summed E-state index contributed by atoms with van der Waals surface area (Å²) in [5.41, 5.74) is 0. The molecule has 0 aromatic carbocycles. The third kappa shape index (κ3) is 7.73. The van der Waals surface area contributed by atoms with Gasteiger partial charge in [-0.1, -0.05) is 6.92 Å². The first-order valence-corrected chi connectivity index (χ1v) is 8.38. The van der Waals surface area contributed by atoms with Gasteiger partial charge < -0.3 is 15.4 Å². The van der Waals surface area contributed by atoms with Gasteiger partial charge in [0.05, 0.1) is 0 Å². The molecule has 1 saturated carbocycles. The number of nitrogens with one attached hydrogen (secondary N) is 2. The van der Waals surface area contributed by atoms with Gasteiger partial charge in [0.2, 0.25) is 0 Å². The number of nitrogens with zero attached hydrogens (tertiary/aromatic N) is 1. The topological polar surface area (TPSA) is 45.7 Å². The highest BCUT2D eigenvalue weighted by Crippen LogP contribution is 2.23. The SMILES string of the molecule is CCNC(=NCCCCOCC)NC1CCC(C)CC1. The summed E-state index contributed by atoms with van der Waals surface area (Å²) in [6.07, 6.45) is 7.42. The predicted molar refractivity (Wildman–Crippen MR) is 86.3 cm³/mol. The average molecular weight is 283 g/mol. The maximum atomic E-state index is 5.34. The van der Waals surface area contributed by atoms with Gasteiger partial charge >= 0.3 is 0 Å². The Kier molecular flexibility index (Phi) is 9.46. The number of aliphatic imine (C=N–C) groups is 1. The molecule has 0 saturated heterocycles. The van der Waals surface area contributed by atoms with Crippen molar-refractivity contribution in [2.24, 2.45) is 10.9 Å². The summed E-state index contributed by atoms with van der Waals surface area (Å²) in [7, 11) is 0. The second-order valence-electron chi connectivity index (χ2n) is 5.77. The van der Waals surface area contributed by atoms with Crippen molar-refractivity contribution in [2.45, 2.75) is 65.3 Å². The largest absolute Gasteiger partial charge is 0.382 e. The summed E-state index contributed by atoms with van der Waals surface area (Å²) < 4.78 is 5.34. The van der Waals surface area contributed by atoms with Crippen molar-refractivity contribution in [2.75, 3.05) is 26.3 Å². The second kappa shape index (κ2) is 11.0. The van der Waals surface area contributed by atoms with E-state index < -0.39 is 0 Å². The van der Waals surface area contributed by atoms with E-state index in [1.807, 2.05) is 6.92 Å². The predicted octanol–water partition coefficient (Wildman–Crippen LogP) is 2.94. The lowest BCUT2D eigenvalue weighted by atomic mass is 9.87. The monoisotopic (exact) mass is 283 g/mol. The summed E-state index contributed by atoms with van der Waals surface area (Å²) in [6, 6.07) is 0.604. The van der Waals surface area contributed by atoms with Gasteiger partial charge in [0.1, 0.15) is 0 Å². The molecule has 2 N–H and O–H groups in total. The lowest BCUT2D eigenvalue weighted by Crippen LogP contribution is -2.44. The van der Waals surface area contributed by atoms with E-state index in [0.717, 1.165) is 51.0 Å². The fourth-order valence-electron chi connectivity index (χ4n) is 2.57. The van der Waals surface area contributed by atoms with Crippen LogP contribution in [0.3, 0.4) is 0 Å². The molecule has 1 aliphatic carbocycles. The first-order chi connectivity index (χ1) is 9.76. The molecule has 0 radical (unpaired) electrons. The second-order valence-corrected chi connectivity index (χ2v) is 5.77. The van der Waals surface area contributed by atoms with Crippen LogP contribution < -0.4 is 10.6 Å². The van der Waals surface area contributed by atoms with Crippen molar-refractivity contribution < 1.29 is 4.74 Å². The van der Waals surface area contributed by atoms with E-state index in [1.54, 1.807) is 0 Å². The standard InChI is InChI=1S/C16H33N3O/c1-4-17-16(18-12-6-7-13-20-5-2)19-15-10-8-14(3)9-11-15/h14-15H,4-13H2,1-3H3,(H2,17,18,19). The van der Waals surface area contributed by atoms with E-state index in [1.165, 1.54) is 25.7 Å². The zero-order chi connectivity index (χ0) is 14.6. The normalized spacial score (nSPS) is 23.6. The Hall–Kier alpha value is -0.770. The number of ether oxygens (including phenoxy) is 1. The third-order valence-corrected chi connectivity index (χ3v) is 3.87. The molecule has 0 aromatic heterocycles. The van der Waals surface area contributed by atoms with E-state index in [0.29, 0.717) is 6.04 Å². The zero-order valence-corrected chi connectivity index (χ0v) is 13.6. The molecule has 0 unspecified atom stereocenters. The molecule has 0 bridgehead atoms. The van der Waals surface area contributed by atoms with Crippen molar-refractivity contribution in [3.63, 3.8) is 0 Å². The maximum absolute atomic E-state index is 5.34. The molecule has 0 aliphatic heterocycles. The Labute approximate surface area is 124 Å². The lowest BCUT2D eigenvalue weighted by molar-refractivity contribution is 0.144. The lowest BCUT2D eigenvalue weighted by Gasteiger charge is -2.28. The molecular formula is C16H33N3O. The van der Waals surface area contributed by atoms with Crippen LogP contribution in [0.4, 0.5) is 0 Å². The highest BCUT2D eigenvalue weighted by molar-refractivity contribution is 5.80. The van der Waals surface area contributed by atoms with Gasteiger partial charge in [-0.05, 0) is 58.3 Å². The first-order valence-electron chi connectivity index (χ1n) is 8.38. The molecule has 20 heavy (non-hydrogen) atoms. The van der Waals surface area contributed by atoms with Crippen LogP contribution in [0.15, 0.2) is 4.99 Å². The molecular weight excluding hydrogens is 250 g/mol. The van der Waals surface area contributed by atoms with Crippen LogP contribution >= 0.6 is 0 Å². The van der Waals surface area contributed by atoms with E-state index >= 15 is 0 Å². The van der Waals surface area contributed by atoms with Crippen LogP contribution in [0.5, 0.6) is 0 Å². The van der Waals surface area contributed by atoms with Gasteiger partial charge in [0, 0.05) is 32.3 Å². The Morgan fingerprint density at radius 1 is 1.15 bits per heavy atom. The van der Waals surface area contributed by atoms with Gasteiger partial charge in [0.25, 0.3) is 0 Å². The molecule has 1 aliphatic rings. The summed E-state index contributed by atoms with van der Waals surface area (Å²) >= 11 is 0. The number of hydrogen-bond acceptors (Lipinski definition) is 2. The third-order valence-electron chi connectivity index (χ3n) is 3.87. The molecule has 0 aromatic rings. The smallest absolute Gasteiger partial charge is 0.191 e. The summed E-state index contributed by atoms with van der Waals surface area (Å²) in [5.74, 6) is 1.88. The van der Waals surface area contributed by atoms with Gasteiger partial charge in [-0.25, -0.2) is 0 Å². The van der Waals surface area contributed by atoms with E-state index in [9.17, 15) is 0 Å². The Bertz CT molecular complexity index is 260. The highest BCUT2D eigenvalue weighted by atomic mass is 16.5. The van der Waals surface area contributed by atoms with Gasteiger partial charge in [-0.2, -0.15) is 0 Å². The van der Waals surface area contributed by atoms with Crippen LogP contribution in [-0.4, -0.2) is 38.3 Å². The van der Waals surface area contributed by atoms with Crippen molar-refractivity contribution in [1.82, 2.24) is 10.6 Å². The van der Waals surface area contributed by atoms with Crippen molar-refractivity contribution in [3.8, 4) is 0 Å². The minimum absolute atomic E-state index is 0.604. The van der Waals surface area contributed by atoms with E-state index in [4.69, 9.17) is 4.74 Å². The molecule has 4 nitrogen and oxygen atoms in total. The van der Waals surface area contributed by atoms with E-state index in [-0.39, 0.29) is 0 Å². The van der Waals surface area contributed by atoms with Crippen LogP contribution in [-0.2, 0) is 4.74 Å². The maximum Gasteiger partial charge on any atom is 0.191 e. The Morgan fingerprint density at radius 3 is 2.55 bits per heavy atom. The van der Waals surface area contributed by atoms with Crippen molar-refractivity contribution in [3.05, 3.63) is 0 Å². The fraction of sp³-hybridized carbons (Fsp3) is 0.938. The minimum atomic E-state index is 0.604. The van der Waals surface area contributed by atoms with Crippen LogP contribution in [0, 0.1) is 5.92 Å². The van der Waals surface area contributed by atoms with E-state index in [2.05, 4.69) is 29.5 Å². The van der Waals surface area contributed by atoms with Crippen LogP contribution in [0.1, 0.15) is 59.3 Å². The molecule has 0 atom stereocenters. The summed E-state index contributed by atoms with van der Waals surface area (Å²) in [4.78, 5) is 4.66. The summed E-state index contributed by atoms with van der Waals surface area (Å²) in [5, 5.41) is 6.94. The molecule has 0 heterocycles. The quantitative estimate of drug-likeness (QED) is 0.409.